The lowest BCUT2D eigenvalue weighted by atomic mass is 10.3. The second-order valence-electron chi connectivity index (χ2n) is 5.73. The molecule has 0 unspecified atom stereocenters. The Balaban J connectivity index is 1.80. The minimum atomic E-state index is -3.91. The van der Waals surface area contributed by atoms with Gasteiger partial charge in [-0.25, -0.2) is 13.8 Å². The number of sulfonamides is 1. The van der Waals surface area contributed by atoms with Crippen LogP contribution in [0.1, 0.15) is 5.56 Å². The monoisotopic (exact) mass is 394 g/mol. The van der Waals surface area contributed by atoms with Gasteiger partial charge in [0.15, 0.2) is 0 Å². The summed E-state index contributed by atoms with van der Waals surface area (Å²) in [5.74, 6) is -0.561. The van der Waals surface area contributed by atoms with Crippen molar-refractivity contribution in [2.75, 3.05) is 10.8 Å². The maximum absolute atomic E-state index is 13.1. The van der Waals surface area contributed by atoms with Crippen molar-refractivity contribution in [2.24, 2.45) is 5.10 Å². The zero-order valence-corrected chi connectivity index (χ0v) is 15.7. The molecule has 1 heterocycles. The zero-order chi connectivity index (χ0) is 19.8. The molecule has 3 aromatic rings. The van der Waals surface area contributed by atoms with E-state index in [2.05, 4.69) is 15.5 Å². The predicted octanol–water partition coefficient (Wildman–Crippen LogP) is 2.43. The highest BCUT2D eigenvalue weighted by molar-refractivity contribution is 7.92. The van der Waals surface area contributed by atoms with Crippen LogP contribution in [0.5, 0.6) is 0 Å². The van der Waals surface area contributed by atoms with Crippen molar-refractivity contribution >= 4 is 27.8 Å². The molecule has 142 valence electrons. The van der Waals surface area contributed by atoms with Crippen LogP contribution >= 0.6 is 0 Å². The molecule has 0 saturated heterocycles. The number of para-hydroxylation sites is 1. The van der Waals surface area contributed by atoms with Gasteiger partial charge in [-0.1, -0.05) is 36.4 Å². The third kappa shape index (κ3) is 4.80. The van der Waals surface area contributed by atoms with Gasteiger partial charge in [0.05, 0.1) is 16.8 Å². The largest absolute Gasteiger partial charge is 0.271 e. The molecule has 28 heavy (non-hydrogen) atoms. The topological polar surface area (TPSA) is 91.7 Å². The Bertz CT molecular complexity index is 1040. The van der Waals surface area contributed by atoms with Crippen molar-refractivity contribution in [3.63, 3.8) is 0 Å². The quantitative estimate of drug-likeness (QED) is 0.492. The van der Waals surface area contributed by atoms with Crippen LogP contribution in [-0.2, 0) is 14.8 Å². The molecule has 1 N–H and O–H groups in total. The molecule has 0 spiro atoms. The van der Waals surface area contributed by atoms with Crippen LogP contribution in [0.15, 0.2) is 95.2 Å². The summed E-state index contributed by atoms with van der Waals surface area (Å²) in [7, 11) is -3.91. The number of nitrogens with zero attached hydrogens (tertiary/aromatic N) is 3. The Morgan fingerprint density at radius 1 is 0.964 bits per heavy atom. The first kappa shape index (κ1) is 19.2. The summed E-state index contributed by atoms with van der Waals surface area (Å²) in [5, 5.41) is 3.87. The molecule has 0 fully saturated rings. The normalized spacial score (nSPS) is 11.3. The van der Waals surface area contributed by atoms with Crippen LogP contribution < -0.4 is 9.73 Å². The molecule has 0 aliphatic heterocycles. The average Bonchev–Trinajstić information content (AvgIpc) is 2.74. The van der Waals surface area contributed by atoms with Gasteiger partial charge in [0.1, 0.15) is 6.54 Å². The van der Waals surface area contributed by atoms with E-state index < -0.39 is 22.5 Å². The summed E-state index contributed by atoms with van der Waals surface area (Å²) in [6.07, 6.45) is 4.66. The lowest BCUT2D eigenvalue weighted by Gasteiger charge is -2.23. The standard InChI is InChI=1S/C20H18N4O3S/c25-20(23-22-15-17-11-13-21-14-12-17)16-24(18-7-3-1-4-8-18)28(26,27)19-9-5-2-6-10-19/h1-15H,16H2,(H,23,25)/b22-15+. The summed E-state index contributed by atoms with van der Waals surface area (Å²) in [6.45, 7) is -0.408. The van der Waals surface area contributed by atoms with Crippen LogP contribution in [-0.4, -0.2) is 32.1 Å². The second kappa shape index (κ2) is 8.92. The number of rotatable bonds is 7. The van der Waals surface area contributed by atoms with Gasteiger partial charge in [-0.05, 0) is 42.0 Å². The van der Waals surface area contributed by atoms with Gasteiger partial charge in [-0.2, -0.15) is 5.10 Å². The van der Waals surface area contributed by atoms with Crippen molar-refractivity contribution in [1.29, 1.82) is 0 Å². The second-order valence-corrected chi connectivity index (χ2v) is 7.60. The van der Waals surface area contributed by atoms with E-state index in [0.29, 0.717) is 5.69 Å². The fourth-order valence-electron chi connectivity index (χ4n) is 2.42. The maximum Gasteiger partial charge on any atom is 0.264 e. The highest BCUT2D eigenvalue weighted by atomic mass is 32.2. The number of aromatic nitrogens is 1. The number of hydrogen-bond acceptors (Lipinski definition) is 5. The molecule has 0 bridgehead atoms. The Labute approximate surface area is 163 Å². The van der Waals surface area contributed by atoms with Gasteiger partial charge >= 0.3 is 0 Å². The number of anilines is 1. The van der Waals surface area contributed by atoms with E-state index in [1.54, 1.807) is 73.1 Å². The third-order valence-electron chi connectivity index (χ3n) is 3.77. The smallest absolute Gasteiger partial charge is 0.264 e. The summed E-state index contributed by atoms with van der Waals surface area (Å²) >= 11 is 0. The summed E-state index contributed by atoms with van der Waals surface area (Å²) in [5.41, 5.74) is 3.50. The number of benzene rings is 2. The van der Waals surface area contributed by atoms with Gasteiger partial charge in [0.25, 0.3) is 15.9 Å². The number of nitrogens with one attached hydrogen (secondary N) is 1. The molecule has 1 aromatic heterocycles. The lowest BCUT2D eigenvalue weighted by molar-refractivity contribution is -0.119. The minimum absolute atomic E-state index is 0.104. The molecule has 1 amide bonds. The Hall–Kier alpha value is -3.52. The number of amides is 1. The van der Waals surface area contributed by atoms with Crippen molar-refractivity contribution in [3.8, 4) is 0 Å². The van der Waals surface area contributed by atoms with Gasteiger partial charge in [-0.3, -0.25) is 14.1 Å². The first-order valence-corrected chi connectivity index (χ1v) is 9.86. The van der Waals surface area contributed by atoms with E-state index in [1.165, 1.54) is 18.3 Å². The lowest BCUT2D eigenvalue weighted by Crippen LogP contribution is -2.39. The summed E-state index contributed by atoms with van der Waals surface area (Å²) in [4.78, 5) is 16.4. The van der Waals surface area contributed by atoms with Gasteiger partial charge in [0.2, 0.25) is 0 Å². The molecule has 2 aromatic carbocycles. The van der Waals surface area contributed by atoms with Crippen LogP contribution in [0, 0.1) is 0 Å². The van der Waals surface area contributed by atoms with Crippen molar-refractivity contribution in [2.45, 2.75) is 4.90 Å². The van der Waals surface area contributed by atoms with Gasteiger partial charge in [0, 0.05) is 12.4 Å². The van der Waals surface area contributed by atoms with E-state index >= 15 is 0 Å². The summed E-state index contributed by atoms with van der Waals surface area (Å²) in [6, 6.07) is 19.9. The van der Waals surface area contributed by atoms with Crippen LogP contribution in [0.3, 0.4) is 0 Å². The Kier molecular flexibility index (Phi) is 6.13. The third-order valence-corrected chi connectivity index (χ3v) is 5.56. The molecule has 3 rings (SSSR count). The highest BCUT2D eigenvalue weighted by Gasteiger charge is 2.26. The van der Waals surface area contributed by atoms with Gasteiger partial charge in [-0.15, -0.1) is 0 Å². The first-order chi connectivity index (χ1) is 13.6. The SMILES string of the molecule is O=C(CN(c1ccccc1)S(=O)(=O)c1ccccc1)N/N=C/c1ccncc1. The number of hydrogen-bond donors (Lipinski definition) is 1. The van der Waals surface area contributed by atoms with E-state index in [9.17, 15) is 13.2 Å². The van der Waals surface area contributed by atoms with Crippen molar-refractivity contribution < 1.29 is 13.2 Å². The fraction of sp³-hybridized carbons (Fsp3) is 0.0500. The molecular formula is C20H18N4O3S. The van der Waals surface area contributed by atoms with E-state index in [0.717, 1.165) is 9.87 Å². The first-order valence-electron chi connectivity index (χ1n) is 8.42. The summed E-state index contributed by atoms with van der Waals surface area (Å²) < 4.78 is 27.2. The van der Waals surface area contributed by atoms with Crippen LogP contribution in [0.2, 0.25) is 0 Å². The zero-order valence-electron chi connectivity index (χ0n) is 14.8. The van der Waals surface area contributed by atoms with E-state index in [-0.39, 0.29) is 4.90 Å². The predicted molar refractivity (Wildman–Crippen MR) is 107 cm³/mol. The Morgan fingerprint density at radius 3 is 2.21 bits per heavy atom. The number of carbonyl (C=O) groups is 1. The highest BCUT2D eigenvalue weighted by Crippen LogP contribution is 2.22. The van der Waals surface area contributed by atoms with Crippen LogP contribution in [0.25, 0.3) is 0 Å². The number of carbonyl (C=O) groups excluding carboxylic acids is 1. The molecule has 8 heteroatoms. The molecule has 0 aliphatic carbocycles. The average molecular weight is 394 g/mol. The molecule has 0 saturated carbocycles. The molecule has 0 atom stereocenters. The van der Waals surface area contributed by atoms with E-state index in [4.69, 9.17) is 0 Å². The molecule has 7 nitrogen and oxygen atoms in total. The molecule has 0 aliphatic rings. The number of hydrazone groups is 1. The molecule has 0 radical (unpaired) electrons. The van der Waals surface area contributed by atoms with Crippen molar-refractivity contribution in [1.82, 2.24) is 10.4 Å². The van der Waals surface area contributed by atoms with Crippen LogP contribution in [0.4, 0.5) is 5.69 Å². The maximum atomic E-state index is 13.1. The van der Waals surface area contributed by atoms with Crippen molar-refractivity contribution in [3.05, 3.63) is 90.8 Å². The molecular weight excluding hydrogens is 376 g/mol. The van der Waals surface area contributed by atoms with Gasteiger partial charge < -0.3 is 0 Å². The minimum Gasteiger partial charge on any atom is -0.271 e. The fourth-order valence-corrected chi connectivity index (χ4v) is 3.87. The Morgan fingerprint density at radius 2 is 1.57 bits per heavy atom. The van der Waals surface area contributed by atoms with E-state index in [1.807, 2.05) is 0 Å². The number of pyridine rings is 1.